The zero-order chi connectivity index (χ0) is 17.5. The van der Waals surface area contributed by atoms with Crippen molar-refractivity contribution in [2.45, 2.75) is 13.5 Å². The topological polar surface area (TPSA) is 59.9 Å². The molecule has 0 aliphatic carbocycles. The fraction of sp³-hybridized carbons (Fsp3) is 0.200. The predicted octanol–water partition coefficient (Wildman–Crippen LogP) is 3.65. The van der Waals surface area contributed by atoms with Crippen LogP contribution in [0.2, 0.25) is 0 Å². The maximum absolute atomic E-state index is 12.8. The lowest BCUT2D eigenvalue weighted by Gasteiger charge is -2.12. The van der Waals surface area contributed by atoms with Gasteiger partial charge in [-0.3, -0.25) is 4.79 Å². The number of nitrogens with zero attached hydrogens (tertiary/aromatic N) is 1. The molecule has 1 aromatic heterocycles. The Kier molecular flexibility index (Phi) is 6.19. The van der Waals surface area contributed by atoms with E-state index in [-0.39, 0.29) is 28.8 Å². The average Bonchev–Trinajstić information content (AvgIpc) is 2.94. The number of carbonyl (C=O) groups excluding carboxylic acids is 1. The molecule has 0 saturated carbocycles. The molecule has 2 aromatic rings. The summed E-state index contributed by atoms with van der Waals surface area (Å²) in [6, 6.07) is 6.58. The van der Waals surface area contributed by atoms with Gasteiger partial charge in [-0.15, -0.1) is 11.3 Å². The zero-order valence-corrected chi connectivity index (χ0v) is 13.3. The summed E-state index contributed by atoms with van der Waals surface area (Å²) in [5.41, 5.74) is 2.40. The largest absolute Gasteiger partial charge is 0.490 e. The molecular formula is C15H13F3N2O3S. The standard InChI is InChI=1S/C15H13F3N2O3S/c1-2-22-12-7-9(3-5-11(12)23-15(17)18)14(21)20-19-8-10-4-6-13(16)24-10/h3-8,15H,2H2,1H3,(H,20,21). The average molecular weight is 358 g/mol. The van der Waals surface area contributed by atoms with Crippen molar-refractivity contribution in [3.63, 3.8) is 0 Å². The van der Waals surface area contributed by atoms with E-state index in [0.29, 0.717) is 4.88 Å². The van der Waals surface area contributed by atoms with Gasteiger partial charge in [-0.25, -0.2) is 5.43 Å². The van der Waals surface area contributed by atoms with Crippen molar-refractivity contribution in [1.29, 1.82) is 0 Å². The van der Waals surface area contributed by atoms with E-state index in [1.165, 1.54) is 36.5 Å². The van der Waals surface area contributed by atoms with Gasteiger partial charge in [0.1, 0.15) is 0 Å². The summed E-state index contributed by atoms with van der Waals surface area (Å²) >= 11 is 0.877. The molecule has 0 bridgehead atoms. The molecule has 0 atom stereocenters. The van der Waals surface area contributed by atoms with E-state index >= 15 is 0 Å². The van der Waals surface area contributed by atoms with Crippen LogP contribution in [0.25, 0.3) is 0 Å². The van der Waals surface area contributed by atoms with Crippen molar-refractivity contribution in [2.24, 2.45) is 5.10 Å². The number of alkyl halides is 2. The van der Waals surface area contributed by atoms with Crippen LogP contribution in [0.1, 0.15) is 22.2 Å². The second-order valence-electron chi connectivity index (χ2n) is 4.31. The summed E-state index contributed by atoms with van der Waals surface area (Å²) in [6.45, 7) is -1.12. The molecule has 0 fully saturated rings. The molecule has 1 N–H and O–H groups in total. The Labute approximate surface area is 139 Å². The normalized spacial score (nSPS) is 11.0. The van der Waals surface area contributed by atoms with Gasteiger partial charge in [-0.2, -0.15) is 18.3 Å². The Morgan fingerprint density at radius 2 is 2.12 bits per heavy atom. The molecule has 2 rings (SSSR count). The highest BCUT2D eigenvalue weighted by molar-refractivity contribution is 7.12. The van der Waals surface area contributed by atoms with E-state index in [1.54, 1.807) is 6.92 Å². The number of nitrogens with one attached hydrogen (secondary N) is 1. The predicted molar refractivity (Wildman–Crippen MR) is 83.6 cm³/mol. The summed E-state index contributed by atoms with van der Waals surface area (Å²) in [6.07, 6.45) is 1.30. The van der Waals surface area contributed by atoms with Crippen molar-refractivity contribution in [3.8, 4) is 11.5 Å². The van der Waals surface area contributed by atoms with Crippen LogP contribution >= 0.6 is 11.3 Å². The van der Waals surface area contributed by atoms with Gasteiger partial charge >= 0.3 is 6.61 Å². The van der Waals surface area contributed by atoms with Crippen LogP contribution in [0.4, 0.5) is 13.2 Å². The van der Waals surface area contributed by atoms with Gasteiger partial charge in [0.05, 0.1) is 17.7 Å². The highest BCUT2D eigenvalue weighted by Crippen LogP contribution is 2.29. The first-order valence-corrected chi connectivity index (χ1v) is 7.61. The number of carbonyl (C=O) groups is 1. The molecule has 24 heavy (non-hydrogen) atoms. The lowest BCUT2D eigenvalue weighted by atomic mass is 10.2. The number of hydrogen-bond donors (Lipinski definition) is 1. The van der Waals surface area contributed by atoms with Crippen LogP contribution in [0.5, 0.6) is 11.5 Å². The third kappa shape index (κ3) is 4.98. The highest BCUT2D eigenvalue weighted by Gasteiger charge is 2.14. The fourth-order valence-electron chi connectivity index (χ4n) is 1.73. The van der Waals surface area contributed by atoms with Gasteiger partial charge in [-0.05, 0) is 37.3 Å². The second kappa shape index (κ2) is 8.34. The van der Waals surface area contributed by atoms with Gasteiger partial charge in [0.15, 0.2) is 16.6 Å². The molecule has 0 aliphatic heterocycles. The van der Waals surface area contributed by atoms with Crippen molar-refractivity contribution in [2.75, 3.05) is 6.61 Å². The first-order chi connectivity index (χ1) is 11.5. The van der Waals surface area contributed by atoms with Crippen molar-refractivity contribution in [1.82, 2.24) is 5.43 Å². The van der Waals surface area contributed by atoms with E-state index < -0.39 is 12.5 Å². The van der Waals surface area contributed by atoms with Crippen molar-refractivity contribution >= 4 is 23.5 Å². The van der Waals surface area contributed by atoms with Gasteiger partial charge in [0, 0.05) is 5.56 Å². The molecule has 0 spiro atoms. The zero-order valence-electron chi connectivity index (χ0n) is 12.5. The first kappa shape index (κ1) is 17.8. The molecule has 128 valence electrons. The number of ether oxygens (including phenoxy) is 2. The Morgan fingerprint density at radius 1 is 1.33 bits per heavy atom. The van der Waals surface area contributed by atoms with E-state index in [2.05, 4.69) is 15.3 Å². The maximum atomic E-state index is 12.8. The molecule has 1 heterocycles. The van der Waals surface area contributed by atoms with Gasteiger partial charge in [0.25, 0.3) is 5.91 Å². The number of hydrazone groups is 1. The smallest absolute Gasteiger partial charge is 0.387 e. The minimum atomic E-state index is -3.00. The number of thiophene rings is 1. The monoisotopic (exact) mass is 358 g/mol. The number of rotatable bonds is 7. The third-order valence-electron chi connectivity index (χ3n) is 2.67. The highest BCUT2D eigenvalue weighted by atomic mass is 32.1. The van der Waals surface area contributed by atoms with Crippen molar-refractivity contribution in [3.05, 3.63) is 45.9 Å². The molecule has 0 aliphatic rings. The van der Waals surface area contributed by atoms with Gasteiger partial charge in [0.2, 0.25) is 0 Å². The fourth-order valence-corrected chi connectivity index (χ4v) is 2.33. The summed E-state index contributed by atoms with van der Waals surface area (Å²) in [5, 5.41) is 3.34. The van der Waals surface area contributed by atoms with Crippen LogP contribution in [0.3, 0.4) is 0 Å². The van der Waals surface area contributed by atoms with Crippen LogP contribution in [-0.2, 0) is 0 Å². The first-order valence-electron chi connectivity index (χ1n) is 6.80. The quantitative estimate of drug-likeness (QED) is 0.607. The SMILES string of the molecule is CCOc1cc(C(=O)NN=Cc2ccc(F)s2)ccc1OC(F)F. The van der Waals surface area contributed by atoms with Crippen molar-refractivity contribution < 1.29 is 27.4 Å². The third-order valence-corrected chi connectivity index (χ3v) is 3.48. The number of benzene rings is 1. The van der Waals surface area contributed by atoms with E-state index in [1.807, 2.05) is 0 Å². The number of halogens is 3. The van der Waals surface area contributed by atoms with E-state index in [4.69, 9.17) is 4.74 Å². The second-order valence-corrected chi connectivity index (χ2v) is 5.38. The minimum Gasteiger partial charge on any atom is -0.490 e. The molecule has 0 unspecified atom stereocenters. The molecular weight excluding hydrogens is 345 g/mol. The molecule has 0 radical (unpaired) electrons. The molecule has 9 heteroatoms. The summed E-state index contributed by atoms with van der Waals surface area (Å²) in [4.78, 5) is 12.5. The molecule has 5 nitrogen and oxygen atoms in total. The molecule has 1 amide bonds. The Morgan fingerprint density at radius 3 is 2.75 bits per heavy atom. The van der Waals surface area contributed by atoms with E-state index in [9.17, 15) is 18.0 Å². The number of hydrogen-bond acceptors (Lipinski definition) is 5. The summed E-state index contributed by atoms with van der Waals surface area (Å²) in [5.74, 6) is -0.719. The minimum absolute atomic E-state index is 0.0229. The molecule has 0 saturated heterocycles. The summed E-state index contributed by atoms with van der Waals surface area (Å²) < 4.78 is 47.0. The summed E-state index contributed by atoms with van der Waals surface area (Å²) in [7, 11) is 0. The van der Waals surface area contributed by atoms with Gasteiger partial charge < -0.3 is 9.47 Å². The van der Waals surface area contributed by atoms with Gasteiger partial charge in [-0.1, -0.05) is 0 Å². The van der Waals surface area contributed by atoms with Crippen LogP contribution < -0.4 is 14.9 Å². The Balaban J connectivity index is 2.08. The Hall–Kier alpha value is -2.55. The van der Waals surface area contributed by atoms with Crippen LogP contribution in [-0.4, -0.2) is 25.3 Å². The lowest BCUT2D eigenvalue weighted by molar-refractivity contribution is -0.0514. The van der Waals surface area contributed by atoms with E-state index in [0.717, 1.165) is 11.3 Å². The van der Waals surface area contributed by atoms with Crippen LogP contribution in [0, 0.1) is 5.13 Å². The molecule has 1 aromatic carbocycles. The maximum Gasteiger partial charge on any atom is 0.387 e. The number of amides is 1. The lowest BCUT2D eigenvalue weighted by Crippen LogP contribution is -2.17. The van der Waals surface area contributed by atoms with Crippen LogP contribution in [0.15, 0.2) is 35.4 Å². The Bertz CT molecular complexity index is 735.